The summed E-state index contributed by atoms with van der Waals surface area (Å²) < 4.78 is 1.48. The lowest BCUT2D eigenvalue weighted by molar-refractivity contribution is 0.285. The van der Waals surface area contributed by atoms with E-state index in [9.17, 15) is 0 Å². The fraction of sp³-hybridized carbons (Fsp3) is 0.375. The van der Waals surface area contributed by atoms with Gasteiger partial charge in [-0.2, -0.15) is 0 Å². The van der Waals surface area contributed by atoms with E-state index in [-0.39, 0.29) is 0 Å². The molecule has 1 aliphatic heterocycles. The van der Waals surface area contributed by atoms with Crippen LogP contribution in [0.15, 0.2) is 36.4 Å². The van der Waals surface area contributed by atoms with E-state index in [1.54, 1.807) is 0 Å². The Morgan fingerprint density at radius 2 is 1.83 bits per heavy atom. The van der Waals surface area contributed by atoms with Gasteiger partial charge in [-0.25, -0.2) is 0 Å². The summed E-state index contributed by atoms with van der Waals surface area (Å²) in [4.78, 5) is 4.77. The Kier molecular flexibility index (Phi) is 4.27. The number of halogens is 1. The van der Waals surface area contributed by atoms with Crippen molar-refractivity contribution in [1.82, 2.24) is 30.2 Å². The van der Waals surface area contributed by atoms with Crippen molar-refractivity contribution in [3.05, 3.63) is 47.0 Å². The molecule has 0 aliphatic carbocycles. The van der Waals surface area contributed by atoms with Crippen LogP contribution >= 0.6 is 11.6 Å². The average Bonchev–Trinajstić information content (AvgIpc) is 2.95. The van der Waals surface area contributed by atoms with Gasteiger partial charge in [0.15, 0.2) is 11.5 Å². The van der Waals surface area contributed by atoms with Crippen molar-refractivity contribution in [1.29, 1.82) is 0 Å². The van der Waals surface area contributed by atoms with Crippen LogP contribution in [0.25, 0.3) is 5.65 Å². The first kappa shape index (κ1) is 15.3. The van der Waals surface area contributed by atoms with Gasteiger partial charge in [0.05, 0.1) is 0 Å². The molecule has 1 saturated heterocycles. The molecule has 0 saturated carbocycles. The van der Waals surface area contributed by atoms with Crippen molar-refractivity contribution in [3.8, 4) is 0 Å². The van der Waals surface area contributed by atoms with Crippen LogP contribution in [0.1, 0.15) is 12.0 Å². The van der Waals surface area contributed by atoms with Crippen molar-refractivity contribution in [3.63, 3.8) is 0 Å². The number of fused-ring (bicyclic) bond motifs is 1. The molecule has 2 aromatic heterocycles. The van der Waals surface area contributed by atoms with Crippen LogP contribution in [0.5, 0.6) is 0 Å². The third-order valence-corrected chi connectivity index (χ3v) is 4.54. The highest BCUT2D eigenvalue weighted by Crippen LogP contribution is 2.16. The molecule has 0 atom stereocenters. The van der Waals surface area contributed by atoms with Crippen molar-refractivity contribution >= 4 is 23.1 Å². The normalized spacial score (nSPS) is 16.5. The average molecular weight is 344 g/mol. The van der Waals surface area contributed by atoms with Gasteiger partial charge in [-0.3, -0.25) is 4.90 Å². The van der Waals surface area contributed by atoms with Crippen LogP contribution in [-0.2, 0) is 6.54 Å². The van der Waals surface area contributed by atoms with Crippen LogP contribution in [0.4, 0.5) is 5.82 Å². The van der Waals surface area contributed by atoms with Gasteiger partial charge in [-0.1, -0.05) is 23.7 Å². The first-order chi connectivity index (χ1) is 11.8. The molecule has 4 rings (SSSR count). The molecular weight excluding hydrogens is 326 g/mol. The number of rotatable bonds is 3. The number of tetrazole rings is 1. The lowest BCUT2D eigenvalue weighted by Crippen LogP contribution is -2.31. The number of benzene rings is 1. The maximum atomic E-state index is 5.96. The lowest BCUT2D eigenvalue weighted by Gasteiger charge is -2.22. The van der Waals surface area contributed by atoms with E-state index in [0.29, 0.717) is 5.65 Å². The predicted molar refractivity (Wildman–Crippen MR) is 92.1 cm³/mol. The molecule has 124 valence electrons. The van der Waals surface area contributed by atoms with Crippen molar-refractivity contribution in [2.75, 3.05) is 31.1 Å². The van der Waals surface area contributed by atoms with E-state index in [1.165, 1.54) is 10.2 Å². The number of anilines is 1. The number of nitrogens with zero attached hydrogens (tertiary/aromatic N) is 7. The van der Waals surface area contributed by atoms with Gasteiger partial charge in [-0.05, 0) is 46.7 Å². The fourth-order valence-corrected chi connectivity index (χ4v) is 3.14. The lowest BCUT2D eigenvalue weighted by atomic mass is 10.2. The molecule has 7 nitrogen and oxygen atoms in total. The molecule has 0 bridgehead atoms. The number of hydrogen-bond donors (Lipinski definition) is 0. The number of hydrogen-bond acceptors (Lipinski definition) is 6. The third kappa shape index (κ3) is 3.32. The molecule has 0 spiro atoms. The molecule has 1 fully saturated rings. The summed E-state index contributed by atoms with van der Waals surface area (Å²) in [5.41, 5.74) is 1.96. The van der Waals surface area contributed by atoms with Gasteiger partial charge in [0.2, 0.25) is 0 Å². The smallest absolute Gasteiger partial charge is 0.200 e. The molecular formula is C16H18ClN7. The monoisotopic (exact) mass is 343 g/mol. The zero-order valence-corrected chi connectivity index (χ0v) is 14.0. The molecule has 3 heterocycles. The zero-order valence-electron chi connectivity index (χ0n) is 13.2. The largest absolute Gasteiger partial charge is 0.354 e. The second-order valence-electron chi connectivity index (χ2n) is 5.96. The Bertz CT molecular complexity index is 817. The Balaban J connectivity index is 1.42. The molecule has 8 heteroatoms. The van der Waals surface area contributed by atoms with Gasteiger partial charge in [0.25, 0.3) is 0 Å². The van der Waals surface area contributed by atoms with E-state index in [0.717, 1.165) is 50.0 Å². The third-order valence-electron chi connectivity index (χ3n) is 4.29. The SMILES string of the molecule is Clc1ccc(CN2CCCN(c3ccc4nnnn4n3)CC2)cc1. The van der Waals surface area contributed by atoms with Crippen LogP contribution in [0.2, 0.25) is 5.02 Å². The Morgan fingerprint density at radius 3 is 2.71 bits per heavy atom. The van der Waals surface area contributed by atoms with Crippen LogP contribution in [0.3, 0.4) is 0 Å². The molecule has 1 aliphatic rings. The highest BCUT2D eigenvalue weighted by molar-refractivity contribution is 6.30. The van der Waals surface area contributed by atoms with Crippen LogP contribution < -0.4 is 4.90 Å². The summed E-state index contributed by atoms with van der Waals surface area (Å²) in [5.74, 6) is 0.920. The Labute approximate surface area is 144 Å². The van der Waals surface area contributed by atoms with Gasteiger partial charge in [0, 0.05) is 37.7 Å². The minimum Gasteiger partial charge on any atom is -0.354 e. The highest BCUT2D eigenvalue weighted by Gasteiger charge is 2.17. The first-order valence-corrected chi connectivity index (χ1v) is 8.43. The van der Waals surface area contributed by atoms with Gasteiger partial charge in [0.1, 0.15) is 0 Å². The molecule has 1 aromatic carbocycles. The van der Waals surface area contributed by atoms with Crippen molar-refractivity contribution in [2.45, 2.75) is 13.0 Å². The molecule has 0 unspecified atom stereocenters. The topological polar surface area (TPSA) is 62.5 Å². The van der Waals surface area contributed by atoms with Gasteiger partial charge >= 0.3 is 0 Å². The second-order valence-corrected chi connectivity index (χ2v) is 6.40. The van der Waals surface area contributed by atoms with Crippen LogP contribution in [0, 0.1) is 0 Å². The van der Waals surface area contributed by atoms with E-state index < -0.39 is 0 Å². The standard InChI is InChI=1S/C16H18ClN7/c17-14-4-2-13(3-5-14)12-22-8-1-9-23(11-10-22)16-7-6-15-18-20-21-24(15)19-16/h2-7H,1,8-12H2. The number of aromatic nitrogens is 5. The fourth-order valence-electron chi connectivity index (χ4n) is 3.02. The Morgan fingerprint density at radius 1 is 0.958 bits per heavy atom. The molecule has 0 radical (unpaired) electrons. The molecule has 24 heavy (non-hydrogen) atoms. The Hall–Kier alpha value is -2.25. The predicted octanol–water partition coefficient (Wildman–Crippen LogP) is 1.88. The molecule has 0 amide bonds. The second kappa shape index (κ2) is 6.70. The van der Waals surface area contributed by atoms with E-state index in [1.807, 2.05) is 24.3 Å². The quantitative estimate of drug-likeness (QED) is 0.723. The van der Waals surface area contributed by atoms with Crippen LogP contribution in [-0.4, -0.2) is 56.3 Å². The summed E-state index contributed by atoms with van der Waals surface area (Å²) in [6.45, 7) is 4.95. The van der Waals surface area contributed by atoms with Crippen molar-refractivity contribution < 1.29 is 0 Å². The van der Waals surface area contributed by atoms with Gasteiger partial charge < -0.3 is 4.90 Å². The van der Waals surface area contributed by atoms with E-state index in [2.05, 4.69) is 42.6 Å². The summed E-state index contributed by atoms with van der Waals surface area (Å²) in [5, 5.41) is 16.7. The van der Waals surface area contributed by atoms with E-state index in [4.69, 9.17) is 11.6 Å². The minimum atomic E-state index is 0.665. The molecule has 3 aromatic rings. The maximum Gasteiger partial charge on any atom is 0.200 e. The van der Waals surface area contributed by atoms with Crippen molar-refractivity contribution in [2.24, 2.45) is 0 Å². The highest BCUT2D eigenvalue weighted by atomic mass is 35.5. The van der Waals surface area contributed by atoms with Gasteiger partial charge in [-0.15, -0.1) is 14.8 Å². The first-order valence-electron chi connectivity index (χ1n) is 8.05. The molecule has 0 N–H and O–H groups in total. The zero-order chi connectivity index (χ0) is 16.4. The minimum absolute atomic E-state index is 0.665. The summed E-state index contributed by atoms with van der Waals surface area (Å²) in [6.07, 6.45) is 1.10. The summed E-state index contributed by atoms with van der Waals surface area (Å²) in [6, 6.07) is 12.0. The van der Waals surface area contributed by atoms with E-state index >= 15 is 0 Å². The maximum absolute atomic E-state index is 5.96. The summed E-state index contributed by atoms with van der Waals surface area (Å²) >= 11 is 5.96. The summed E-state index contributed by atoms with van der Waals surface area (Å²) in [7, 11) is 0.